The predicted molar refractivity (Wildman–Crippen MR) is 108 cm³/mol. The minimum Gasteiger partial charge on any atom is -0.462 e. The Labute approximate surface area is 163 Å². The number of nitrogen functional groups attached to an aromatic ring is 1. The summed E-state index contributed by atoms with van der Waals surface area (Å²) in [7, 11) is 0. The highest BCUT2D eigenvalue weighted by Gasteiger charge is 2.17. The average Bonchev–Trinajstić information content (AvgIpc) is 3.10. The summed E-state index contributed by atoms with van der Waals surface area (Å²) in [5.41, 5.74) is 9.24. The Kier molecular flexibility index (Phi) is 5.74. The smallest absolute Gasteiger partial charge is 0.343 e. The summed E-state index contributed by atoms with van der Waals surface area (Å²) < 4.78 is 6.39. The fourth-order valence-corrected chi connectivity index (χ4v) is 2.83. The van der Waals surface area contributed by atoms with Crippen molar-refractivity contribution in [3.63, 3.8) is 0 Å². The molecule has 0 saturated carbocycles. The molecule has 2 aromatic carbocycles. The van der Waals surface area contributed by atoms with Crippen molar-refractivity contribution in [2.75, 3.05) is 17.7 Å². The van der Waals surface area contributed by atoms with Crippen LogP contribution in [0.1, 0.15) is 40.1 Å². The molecule has 0 fully saturated rings. The number of nitrogens with zero attached hydrogens (tertiary/aromatic N) is 2. The molecule has 7 heteroatoms. The molecule has 28 heavy (non-hydrogen) atoms. The van der Waals surface area contributed by atoms with Gasteiger partial charge in [0.05, 0.1) is 18.5 Å². The van der Waals surface area contributed by atoms with E-state index < -0.39 is 5.97 Å². The van der Waals surface area contributed by atoms with Crippen LogP contribution in [0.2, 0.25) is 0 Å². The first-order chi connectivity index (χ1) is 13.5. The van der Waals surface area contributed by atoms with Crippen LogP contribution in [0.15, 0.2) is 54.7 Å². The van der Waals surface area contributed by atoms with E-state index in [4.69, 9.17) is 10.5 Å². The Morgan fingerprint density at radius 2 is 1.82 bits per heavy atom. The van der Waals surface area contributed by atoms with Gasteiger partial charge in [-0.3, -0.25) is 4.79 Å². The molecule has 3 N–H and O–H groups in total. The zero-order chi connectivity index (χ0) is 20.1. The van der Waals surface area contributed by atoms with Gasteiger partial charge < -0.3 is 15.8 Å². The third-order valence-electron chi connectivity index (χ3n) is 4.32. The zero-order valence-electron chi connectivity index (χ0n) is 15.8. The number of nitrogens with two attached hydrogens (primary N) is 1. The van der Waals surface area contributed by atoms with Gasteiger partial charge in [-0.1, -0.05) is 25.1 Å². The summed E-state index contributed by atoms with van der Waals surface area (Å²) in [5, 5.41) is 7.08. The van der Waals surface area contributed by atoms with Crippen molar-refractivity contribution in [3.05, 3.63) is 71.4 Å². The molecular formula is C21H22N4O3. The number of carbonyl (C=O) groups is 2. The van der Waals surface area contributed by atoms with Crippen LogP contribution < -0.4 is 11.1 Å². The standard InChI is InChI=1S/C21H22N4O3/c1-3-14-7-5-6-8-18(14)24-20(26)15-9-11-16(12-10-15)25-19(22)17(13-23-25)21(27)28-4-2/h5-13H,3-4,22H2,1-2H3,(H,24,26). The van der Waals surface area contributed by atoms with Crippen molar-refractivity contribution >= 4 is 23.4 Å². The molecule has 0 atom stereocenters. The fraction of sp³-hybridized carbons (Fsp3) is 0.190. The van der Waals surface area contributed by atoms with E-state index in [-0.39, 0.29) is 23.9 Å². The summed E-state index contributed by atoms with van der Waals surface area (Å²) in [4.78, 5) is 24.4. The summed E-state index contributed by atoms with van der Waals surface area (Å²) in [6, 6.07) is 14.5. The van der Waals surface area contributed by atoms with Crippen molar-refractivity contribution in [2.24, 2.45) is 0 Å². The molecule has 0 aliphatic carbocycles. The van der Waals surface area contributed by atoms with Gasteiger partial charge in [0.15, 0.2) is 0 Å². The average molecular weight is 378 g/mol. The third kappa shape index (κ3) is 3.88. The van der Waals surface area contributed by atoms with Crippen LogP contribution >= 0.6 is 0 Å². The first-order valence-electron chi connectivity index (χ1n) is 9.05. The first-order valence-corrected chi connectivity index (χ1v) is 9.05. The molecule has 0 radical (unpaired) electrons. The number of benzene rings is 2. The molecule has 3 aromatic rings. The highest BCUT2D eigenvalue weighted by Crippen LogP contribution is 2.20. The van der Waals surface area contributed by atoms with Crippen LogP contribution in [0.25, 0.3) is 5.69 Å². The van der Waals surface area contributed by atoms with Crippen molar-refractivity contribution in [1.29, 1.82) is 0 Å². The molecule has 0 unspecified atom stereocenters. The molecule has 0 bridgehead atoms. The molecule has 0 spiro atoms. The second-order valence-corrected chi connectivity index (χ2v) is 6.09. The molecular weight excluding hydrogens is 356 g/mol. The molecule has 144 valence electrons. The minimum atomic E-state index is -0.517. The van der Waals surface area contributed by atoms with Crippen LogP contribution in [0.4, 0.5) is 11.5 Å². The summed E-state index contributed by atoms with van der Waals surface area (Å²) in [5.74, 6) is -0.530. The van der Waals surface area contributed by atoms with Gasteiger partial charge >= 0.3 is 5.97 Å². The van der Waals surface area contributed by atoms with Crippen molar-refractivity contribution in [1.82, 2.24) is 9.78 Å². The topological polar surface area (TPSA) is 99.2 Å². The van der Waals surface area contributed by atoms with Crippen LogP contribution in [-0.2, 0) is 11.2 Å². The van der Waals surface area contributed by atoms with Gasteiger partial charge in [0.25, 0.3) is 5.91 Å². The number of nitrogens with one attached hydrogen (secondary N) is 1. The Morgan fingerprint density at radius 1 is 1.11 bits per heavy atom. The predicted octanol–water partition coefficient (Wildman–Crippen LogP) is 3.45. The van der Waals surface area contributed by atoms with E-state index in [1.165, 1.54) is 10.9 Å². The van der Waals surface area contributed by atoms with Gasteiger partial charge in [-0.15, -0.1) is 0 Å². The van der Waals surface area contributed by atoms with Crippen molar-refractivity contribution in [2.45, 2.75) is 20.3 Å². The van der Waals surface area contributed by atoms with Crippen LogP contribution in [-0.4, -0.2) is 28.3 Å². The monoisotopic (exact) mass is 378 g/mol. The lowest BCUT2D eigenvalue weighted by molar-refractivity contribution is 0.0527. The van der Waals surface area contributed by atoms with Gasteiger partial charge in [-0.2, -0.15) is 5.10 Å². The van der Waals surface area contributed by atoms with Gasteiger partial charge in [-0.25, -0.2) is 9.48 Å². The van der Waals surface area contributed by atoms with Gasteiger partial charge in [0, 0.05) is 11.3 Å². The van der Waals surface area contributed by atoms with E-state index >= 15 is 0 Å². The second-order valence-electron chi connectivity index (χ2n) is 6.09. The van der Waals surface area contributed by atoms with E-state index in [1.807, 2.05) is 31.2 Å². The Bertz CT molecular complexity index is 993. The summed E-state index contributed by atoms with van der Waals surface area (Å²) >= 11 is 0. The fourth-order valence-electron chi connectivity index (χ4n) is 2.83. The first kappa shape index (κ1) is 19.2. The maximum Gasteiger partial charge on any atom is 0.343 e. The summed E-state index contributed by atoms with van der Waals surface area (Å²) in [6.07, 6.45) is 2.20. The lowest BCUT2D eigenvalue weighted by Crippen LogP contribution is -2.13. The van der Waals surface area contributed by atoms with Crippen molar-refractivity contribution < 1.29 is 14.3 Å². The minimum absolute atomic E-state index is 0.188. The molecule has 1 aromatic heterocycles. The molecule has 0 aliphatic heterocycles. The van der Waals surface area contributed by atoms with E-state index in [9.17, 15) is 9.59 Å². The van der Waals surface area contributed by atoms with Crippen molar-refractivity contribution in [3.8, 4) is 5.69 Å². The number of esters is 1. The lowest BCUT2D eigenvalue weighted by Gasteiger charge is -2.10. The quantitative estimate of drug-likeness (QED) is 0.640. The SMILES string of the molecule is CCOC(=O)c1cnn(-c2ccc(C(=O)Nc3ccccc3CC)cc2)c1N. The van der Waals surface area contributed by atoms with E-state index in [0.29, 0.717) is 11.3 Å². The number of aromatic nitrogens is 2. The number of para-hydroxylation sites is 1. The number of aryl methyl sites for hydroxylation is 1. The number of carbonyl (C=O) groups excluding carboxylic acids is 2. The molecule has 1 amide bonds. The molecule has 7 nitrogen and oxygen atoms in total. The Hall–Kier alpha value is -3.61. The normalized spacial score (nSPS) is 10.5. The number of amides is 1. The number of hydrogen-bond donors (Lipinski definition) is 2. The molecule has 0 saturated heterocycles. The van der Waals surface area contributed by atoms with E-state index in [2.05, 4.69) is 10.4 Å². The second kappa shape index (κ2) is 8.39. The highest BCUT2D eigenvalue weighted by atomic mass is 16.5. The largest absolute Gasteiger partial charge is 0.462 e. The molecule has 3 rings (SSSR count). The lowest BCUT2D eigenvalue weighted by atomic mass is 10.1. The number of rotatable bonds is 6. The number of ether oxygens (including phenoxy) is 1. The zero-order valence-corrected chi connectivity index (χ0v) is 15.8. The van der Waals surface area contributed by atoms with Crippen LogP contribution in [0.3, 0.4) is 0 Å². The van der Waals surface area contributed by atoms with Gasteiger partial charge in [-0.05, 0) is 49.2 Å². The van der Waals surface area contributed by atoms with Gasteiger partial charge in [0.2, 0.25) is 0 Å². The molecule has 0 aliphatic rings. The van der Waals surface area contributed by atoms with Crippen LogP contribution in [0.5, 0.6) is 0 Å². The molecule has 1 heterocycles. The van der Waals surface area contributed by atoms with Crippen LogP contribution in [0, 0.1) is 0 Å². The summed E-state index contributed by atoms with van der Waals surface area (Å²) in [6.45, 7) is 4.02. The third-order valence-corrected chi connectivity index (χ3v) is 4.32. The maximum atomic E-state index is 12.5. The highest BCUT2D eigenvalue weighted by molar-refractivity contribution is 6.04. The Balaban J connectivity index is 1.78. The van der Waals surface area contributed by atoms with Gasteiger partial charge in [0.1, 0.15) is 11.4 Å². The van der Waals surface area contributed by atoms with E-state index in [0.717, 1.165) is 17.7 Å². The number of anilines is 2. The Morgan fingerprint density at radius 3 is 2.50 bits per heavy atom. The number of hydrogen-bond acceptors (Lipinski definition) is 5. The maximum absolute atomic E-state index is 12.5. The van der Waals surface area contributed by atoms with E-state index in [1.54, 1.807) is 31.2 Å².